The third-order valence-corrected chi connectivity index (χ3v) is 7.34. The first-order valence-electron chi connectivity index (χ1n) is 11.7. The van der Waals surface area contributed by atoms with Crippen LogP contribution in [0.2, 0.25) is 5.02 Å². The number of phenolic OH excluding ortho intramolecular Hbond substituents is 3. The van der Waals surface area contributed by atoms with Crippen molar-refractivity contribution in [2.24, 2.45) is 0 Å². The fourth-order valence-electron chi connectivity index (χ4n) is 4.65. The smallest absolute Gasteiger partial charge is 0.137 e. The summed E-state index contributed by atoms with van der Waals surface area (Å²) in [5.41, 5.74) is 7.48. The van der Waals surface area contributed by atoms with Crippen molar-refractivity contribution in [3.05, 3.63) is 122 Å². The van der Waals surface area contributed by atoms with Gasteiger partial charge in [-0.25, -0.2) is 0 Å². The summed E-state index contributed by atoms with van der Waals surface area (Å²) in [7, 11) is 0. The monoisotopic (exact) mass is 486 g/mol. The molecule has 4 aromatic rings. The Morgan fingerprint density at radius 1 is 0.600 bits per heavy atom. The molecule has 0 bridgehead atoms. The summed E-state index contributed by atoms with van der Waals surface area (Å²) in [6, 6.07) is 23.8. The van der Waals surface area contributed by atoms with Crippen molar-refractivity contribution in [2.75, 3.05) is 0 Å². The Bertz CT molecular complexity index is 1310. The summed E-state index contributed by atoms with van der Waals surface area (Å²) in [5, 5.41) is 30.6. The largest absolute Gasteiger partial charge is 0.508 e. The predicted octanol–water partition coefficient (Wildman–Crippen LogP) is 7.89. The van der Waals surface area contributed by atoms with E-state index in [-0.39, 0.29) is 28.6 Å². The van der Waals surface area contributed by atoms with E-state index in [0.717, 1.165) is 44.5 Å². The van der Waals surface area contributed by atoms with E-state index in [1.54, 1.807) is 12.1 Å². The zero-order valence-corrected chi connectivity index (χ0v) is 21.5. The lowest BCUT2D eigenvalue weighted by atomic mass is 9.76. The quantitative estimate of drug-likeness (QED) is 0.251. The van der Waals surface area contributed by atoms with Gasteiger partial charge in [0.15, 0.2) is 0 Å². The first kappa shape index (κ1) is 24.7. The number of halogens is 1. The number of aryl methyl sites for hydroxylation is 3. The zero-order chi connectivity index (χ0) is 25.5. The van der Waals surface area contributed by atoms with Gasteiger partial charge in [-0.05, 0) is 83.5 Å². The van der Waals surface area contributed by atoms with Crippen LogP contribution in [0.3, 0.4) is 0 Å². The normalized spacial score (nSPS) is 11.7. The molecule has 0 saturated heterocycles. The molecule has 0 unspecified atom stereocenters. The Labute approximate surface area is 212 Å². The van der Waals surface area contributed by atoms with Crippen molar-refractivity contribution in [2.45, 2.75) is 46.0 Å². The molecule has 0 fully saturated rings. The molecule has 180 valence electrons. The minimum atomic E-state index is -0.319. The van der Waals surface area contributed by atoms with E-state index in [2.05, 4.69) is 38.1 Å². The molecule has 3 nitrogen and oxygen atoms in total. The topological polar surface area (TPSA) is 60.7 Å². The van der Waals surface area contributed by atoms with Crippen LogP contribution in [-0.2, 0) is 5.41 Å². The summed E-state index contributed by atoms with van der Waals surface area (Å²) in [6.07, 6.45) is 0. The average Bonchev–Trinajstić information content (AvgIpc) is 2.82. The SMILES string of the molecule is Cc1cc(C(c2ccc(C(C)(C)c3cc(C)c(O)c(Cl)c3)cc2)c2ccc(O)c(C)c2)ccc1O. The van der Waals surface area contributed by atoms with Crippen LogP contribution in [0.5, 0.6) is 17.2 Å². The number of benzene rings is 4. The molecule has 0 amide bonds. The molecule has 3 N–H and O–H groups in total. The van der Waals surface area contributed by atoms with Gasteiger partial charge in [0, 0.05) is 11.3 Å². The highest BCUT2D eigenvalue weighted by molar-refractivity contribution is 6.32. The molecule has 4 heteroatoms. The van der Waals surface area contributed by atoms with Crippen molar-refractivity contribution in [3.63, 3.8) is 0 Å². The molecule has 0 saturated carbocycles. The molecule has 35 heavy (non-hydrogen) atoms. The third-order valence-electron chi connectivity index (χ3n) is 7.05. The van der Waals surface area contributed by atoms with E-state index in [1.807, 2.05) is 57.2 Å². The van der Waals surface area contributed by atoms with E-state index in [4.69, 9.17) is 11.6 Å². The molecule has 0 aliphatic rings. The maximum absolute atomic E-state index is 10.1. The molecule has 0 spiro atoms. The number of aromatic hydroxyl groups is 3. The van der Waals surface area contributed by atoms with Gasteiger partial charge in [0.1, 0.15) is 17.2 Å². The van der Waals surface area contributed by atoms with Gasteiger partial charge in [-0.2, -0.15) is 0 Å². The maximum Gasteiger partial charge on any atom is 0.137 e. The van der Waals surface area contributed by atoms with Crippen LogP contribution in [0.15, 0.2) is 72.8 Å². The second-order valence-electron chi connectivity index (χ2n) is 9.90. The zero-order valence-electron chi connectivity index (χ0n) is 20.7. The lowest BCUT2D eigenvalue weighted by molar-refractivity contribution is 0.470. The van der Waals surface area contributed by atoms with Crippen molar-refractivity contribution in [1.29, 1.82) is 0 Å². The van der Waals surface area contributed by atoms with Crippen molar-refractivity contribution < 1.29 is 15.3 Å². The summed E-state index contributed by atoms with van der Waals surface area (Å²) >= 11 is 6.28. The van der Waals surface area contributed by atoms with Crippen molar-refractivity contribution >= 4 is 11.6 Å². The fraction of sp³-hybridized carbons (Fsp3) is 0.226. The number of phenols is 3. The first-order valence-corrected chi connectivity index (χ1v) is 12.1. The number of hydrogen-bond donors (Lipinski definition) is 3. The van der Waals surface area contributed by atoms with Crippen molar-refractivity contribution in [1.82, 2.24) is 0 Å². The van der Waals surface area contributed by atoms with E-state index in [9.17, 15) is 15.3 Å². The second kappa shape index (κ2) is 9.31. The molecule has 0 aliphatic carbocycles. The highest BCUT2D eigenvalue weighted by Gasteiger charge is 2.26. The van der Waals surface area contributed by atoms with Crippen LogP contribution in [0, 0.1) is 20.8 Å². The molecule has 4 rings (SSSR count). The Hall–Kier alpha value is -3.43. The predicted molar refractivity (Wildman–Crippen MR) is 143 cm³/mol. The van der Waals surface area contributed by atoms with Gasteiger partial charge in [-0.3, -0.25) is 0 Å². The molecule has 0 radical (unpaired) electrons. The number of hydrogen-bond acceptors (Lipinski definition) is 3. The van der Waals surface area contributed by atoms with E-state index < -0.39 is 0 Å². The van der Waals surface area contributed by atoms with Crippen LogP contribution >= 0.6 is 11.6 Å². The third kappa shape index (κ3) is 4.74. The molecular formula is C31H31ClO3. The van der Waals surface area contributed by atoms with Crippen LogP contribution in [0.25, 0.3) is 0 Å². The average molecular weight is 487 g/mol. The highest BCUT2D eigenvalue weighted by atomic mass is 35.5. The molecule has 4 aromatic carbocycles. The van der Waals surface area contributed by atoms with Crippen LogP contribution in [-0.4, -0.2) is 15.3 Å². The van der Waals surface area contributed by atoms with E-state index in [1.165, 1.54) is 0 Å². The lowest BCUT2D eigenvalue weighted by Gasteiger charge is -2.28. The van der Waals surface area contributed by atoms with Gasteiger partial charge in [0.2, 0.25) is 0 Å². The Morgan fingerprint density at radius 2 is 1.09 bits per heavy atom. The molecular weight excluding hydrogens is 456 g/mol. The molecule has 0 heterocycles. The minimum absolute atomic E-state index is 0.0591. The maximum atomic E-state index is 10.1. The fourth-order valence-corrected chi connectivity index (χ4v) is 4.92. The minimum Gasteiger partial charge on any atom is -0.508 e. The summed E-state index contributed by atoms with van der Waals surface area (Å²) in [4.78, 5) is 0. The molecule has 0 atom stereocenters. The highest BCUT2D eigenvalue weighted by Crippen LogP contribution is 2.40. The van der Waals surface area contributed by atoms with E-state index >= 15 is 0 Å². The Morgan fingerprint density at radius 3 is 1.54 bits per heavy atom. The summed E-state index contributed by atoms with van der Waals surface area (Å²) in [6.45, 7) is 9.94. The number of rotatable bonds is 5. The molecule has 0 aliphatic heterocycles. The van der Waals surface area contributed by atoms with Gasteiger partial charge < -0.3 is 15.3 Å². The Kier molecular flexibility index (Phi) is 6.57. The first-order chi connectivity index (χ1) is 16.5. The molecule has 0 aromatic heterocycles. The van der Waals surface area contributed by atoms with Gasteiger partial charge in [0.25, 0.3) is 0 Å². The lowest BCUT2D eigenvalue weighted by Crippen LogP contribution is -2.19. The summed E-state index contributed by atoms with van der Waals surface area (Å²) in [5.74, 6) is 0.609. The Balaban J connectivity index is 1.79. The van der Waals surface area contributed by atoms with Gasteiger partial charge in [-0.1, -0.05) is 80.0 Å². The van der Waals surface area contributed by atoms with Crippen LogP contribution in [0.1, 0.15) is 64.3 Å². The van der Waals surface area contributed by atoms with Gasteiger partial charge in [0.05, 0.1) is 5.02 Å². The van der Waals surface area contributed by atoms with Gasteiger partial charge in [-0.15, -0.1) is 0 Å². The van der Waals surface area contributed by atoms with Crippen LogP contribution < -0.4 is 0 Å². The second-order valence-corrected chi connectivity index (χ2v) is 10.3. The van der Waals surface area contributed by atoms with Crippen molar-refractivity contribution in [3.8, 4) is 17.2 Å². The standard InChI is InChI=1S/C31H31ClO3/c1-18-14-22(8-12-27(18)33)29(23-9-13-28(34)19(2)15-23)21-6-10-24(11-7-21)31(4,5)25-16-20(3)30(35)26(32)17-25/h6-17,29,33-35H,1-5H3. The summed E-state index contributed by atoms with van der Waals surface area (Å²) < 4.78 is 0. The van der Waals surface area contributed by atoms with E-state index in [0.29, 0.717) is 5.02 Å². The van der Waals surface area contributed by atoms with Gasteiger partial charge >= 0.3 is 0 Å². The van der Waals surface area contributed by atoms with Crippen LogP contribution in [0.4, 0.5) is 0 Å².